The van der Waals surface area contributed by atoms with E-state index in [-0.39, 0.29) is 18.3 Å². The minimum Gasteiger partial charge on any atom is -0.481 e. The molecule has 0 radical (unpaired) electrons. The van der Waals surface area contributed by atoms with Gasteiger partial charge in [0.15, 0.2) is 5.79 Å². The van der Waals surface area contributed by atoms with Crippen LogP contribution in [0.5, 0.6) is 0 Å². The molecule has 0 amide bonds. The molecule has 0 aromatic carbocycles. The maximum absolute atomic E-state index is 10.6. The molecule has 3 N–H and O–H groups in total. The number of ether oxygens (including phenoxy) is 2. The van der Waals surface area contributed by atoms with Crippen LogP contribution in [-0.2, 0) is 14.3 Å². The van der Waals surface area contributed by atoms with Crippen LogP contribution >= 0.6 is 0 Å². The molecule has 2 rings (SSSR count). The number of rotatable bonds is 15. The zero-order valence-corrected chi connectivity index (χ0v) is 18.6. The molecule has 1 aliphatic heterocycles. The minimum absolute atomic E-state index is 0.0266. The summed E-state index contributed by atoms with van der Waals surface area (Å²) < 4.78 is 12.0. The van der Waals surface area contributed by atoms with Crippen LogP contribution in [0.3, 0.4) is 0 Å². The van der Waals surface area contributed by atoms with E-state index in [1.165, 1.54) is 25.7 Å². The lowest BCUT2D eigenvalue weighted by atomic mass is 9.85. The molecule has 3 unspecified atom stereocenters. The van der Waals surface area contributed by atoms with Crippen LogP contribution in [0.15, 0.2) is 12.2 Å². The van der Waals surface area contributed by atoms with E-state index in [1.807, 2.05) is 12.2 Å². The van der Waals surface area contributed by atoms with Gasteiger partial charge in [-0.2, -0.15) is 0 Å². The van der Waals surface area contributed by atoms with Crippen LogP contribution < -0.4 is 0 Å². The van der Waals surface area contributed by atoms with Crippen molar-refractivity contribution in [3.8, 4) is 0 Å². The standard InChI is InChI=1S/C24H42O6/c1-2-3-4-7-10-14-24(29-16-17-30-24)15-13-20-19(21(25)18-22(20)26)11-8-5-6-9-12-23(27)28/h5,8,19-22,25-26H,2-4,6-7,9-18H2,1H3,(H,27,28)/b8-5-/t19?,20-,21?,22?/m1/s1. The summed E-state index contributed by atoms with van der Waals surface area (Å²) in [5.41, 5.74) is 0. The molecule has 0 spiro atoms. The van der Waals surface area contributed by atoms with E-state index in [1.54, 1.807) is 0 Å². The average Bonchev–Trinajstić information content (AvgIpc) is 3.27. The largest absolute Gasteiger partial charge is 0.481 e. The number of unbranched alkanes of at least 4 members (excludes halogenated alkanes) is 5. The second-order valence-corrected chi connectivity index (χ2v) is 9.00. The molecule has 174 valence electrons. The third-order valence-electron chi connectivity index (χ3n) is 6.69. The number of hydrogen-bond donors (Lipinski definition) is 3. The van der Waals surface area contributed by atoms with Gasteiger partial charge in [-0.3, -0.25) is 4.79 Å². The number of allylic oxidation sites excluding steroid dienone is 2. The van der Waals surface area contributed by atoms with Crippen molar-refractivity contribution < 1.29 is 29.6 Å². The fourth-order valence-corrected chi connectivity index (χ4v) is 4.94. The SMILES string of the molecule is CCCCCCCC1(CC[C@H]2C(O)CC(O)C2C/C=C\CCCC(=O)O)OCCO1. The lowest BCUT2D eigenvalue weighted by Gasteiger charge is -2.31. The van der Waals surface area contributed by atoms with Gasteiger partial charge in [0.2, 0.25) is 0 Å². The van der Waals surface area contributed by atoms with Gasteiger partial charge in [0.05, 0.1) is 25.4 Å². The zero-order valence-electron chi connectivity index (χ0n) is 18.6. The second-order valence-electron chi connectivity index (χ2n) is 9.00. The van der Waals surface area contributed by atoms with E-state index in [2.05, 4.69) is 6.92 Å². The first-order valence-corrected chi connectivity index (χ1v) is 12.0. The Hall–Kier alpha value is -0.950. The van der Waals surface area contributed by atoms with E-state index < -0.39 is 24.0 Å². The summed E-state index contributed by atoms with van der Waals surface area (Å²) in [5, 5.41) is 29.7. The van der Waals surface area contributed by atoms with Gasteiger partial charge in [0.1, 0.15) is 0 Å². The predicted molar refractivity (Wildman–Crippen MR) is 116 cm³/mol. The van der Waals surface area contributed by atoms with E-state index in [4.69, 9.17) is 14.6 Å². The first kappa shape index (κ1) is 25.3. The molecule has 2 aliphatic rings. The van der Waals surface area contributed by atoms with Gasteiger partial charge in [-0.25, -0.2) is 0 Å². The van der Waals surface area contributed by atoms with Crippen LogP contribution in [0, 0.1) is 11.8 Å². The van der Waals surface area contributed by atoms with E-state index in [9.17, 15) is 15.0 Å². The number of aliphatic hydroxyl groups excluding tert-OH is 2. The van der Waals surface area contributed by atoms with Gasteiger partial charge in [0, 0.05) is 19.3 Å². The lowest BCUT2D eigenvalue weighted by molar-refractivity contribution is -0.171. The Bertz CT molecular complexity index is 514. The Morgan fingerprint density at radius 3 is 2.37 bits per heavy atom. The van der Waals surface area contributed by atoms with Gasteiger partial charge in [0.25, 0.3) is 0 Å². The summed E-state index contributed by atoms with van der Waals surface area (Å²) in [6, 6.07) is 0. The molecule has 0 aromatic heterocycles. The molecule has 4 atom stereocenters. The topological polar surface area (TPSA) is 96.2 Å². The number of carboxylic acids is 1. The Balaban J connectivity index is 1.82. The summed E-state index contributed by atoms with van der Waals surface area (Å²) in [5.74, 6) is -1.22. The maximum Gasteiger partial charge on any atom is 0.303 e. The predicted octanol–water partition coefficient (Wildman–Crippen LogP) is 4.43. The Kier molecular flexibility index (Phi) is 11.4. The van der Waals surface area contributed by atoms with Crippen molar-refractivity contribution in [1.82, 2.24) is 0 Å². The number of carboxylic acid groups (broad SMARTS) is 1. The molecule has 1 saturated heterocycles. The molecular formula is C24H42O6. The molecule has 2 fully saturated rings. The van der Waals surface area contributed by atoms with Gasteiger partial charge in [-0.05, 0) is 50.4 Å². The first-order valence-electron chi connectivity index (χ1n) is 12.0. The van der Waals surface area contributed by atoms with Gasteiger partial charge in [-0.15, -0.1) is 0 Å². The average molecular weight is 427 g/mol. The molecule has 1 saturated carbocycles. The molecule has 30 heavy (non-hydrogen) atoms. The molecule has 6 heteroatoms. The Morgan fingerprint density at radius 2 is 1.67 bits per heavy atom. The van der Waals surface area contributed by atoms with Crippen LogP contribution in [0.4, 0.5) is 0 Å². The summed E-state index contributed by atoms with van der Waals surface area (Å²) in [6.07, 6.45) is 14.2. The summed E-state index contributed by atoms with van der Waals surface area (Å²) in [6.45, 7) is 3.48. The van der Waals surface area contributed by atoms with Crippen LogP contribution in [0.25, 0.3) is 0 Å². The normalized spacial score (nSPS) is 28.5. The first-order chi connectivity index (χ1) is 14.5. The maximum atomic E-state index is 10.6. The summed E-state index contributed by atoms with van der Waals surface area (Å²) in [7, 11) is 0. The highest BCUT2D eigenvalue weighted by atomic mass is 16.7. The fourth-order valence-electron chi connectivity index (χ4n) is 4.94. The van der Waals surface area contributed by atoms with E-state index >= 15 is 0 Å². The van der Waals surface area contributed by atoms with Crippen molar-refractivity contribution in [1.29, 1.82) is 0 Å². The molecule has 1 aliphatic carbocycles. The number of hydrogen-bond acceptors (Lipinski definition) is 5. The van der Waals surface area contributed by atoms with Crippen molar-refractivity contribution in [2.45, 2.75) is 108 Å². The molecule has 0 aromatic rings. The lowest BCUT2D eigenvalue weighted by Crippen LogP contribution is -2.33. The van der Waals surface area contributed by atoms with Crippen molar-refractivity contribution >= 4 is 5.97 Å². The number of aliphatic hydroxyl groups is 2. The van der Waals surface area contributed by atoms with E-state index in [0.717, 1.165) is 32.1 Å². The van der Waals surface area contributed by atoms with E-state index in [0.29, 0.717) is 32.5 Å². The third-order valence-corrected chi connectivity index (χ3v) is 6.69. The van der Waals surface area contributed by atoms with Gasteiger partial charge >= 0.3 is 5.97 Å². The Morgan fingerprint density at radius 1 is 0.967 bits per heavy atom. The molecule has 0 bridgehead atoms. The zero-order chi connectivity index (χ0) is 21.8. The molecule has 6 nitrogen and oxygen atoms in total. The summed E-state index contributed by atoms with van der Waals surface area (Å²) >= 11 is 0. The highest BCUT2D eigenvalue weighted by Crippen LogP contribution is 2.41. The molecule has 1 heterocycles. The van der Waals surface area contributed by atoms with Crippen molar-refractivity contribution in [3.05, 3.63) is 12.2 Å². The minimum atomic E-state index is -0.770. The number of aliphatic carboxylic acids is 1. The highest BCUT2D eigenvalue weighted by Gasteiger charge is 2.43. The smallest absolute Gasteiger partial charge is 0.303 e. The monoisotopic (exact) mass is 426 g/mol. The van der Waals surface area contributed by atoms with Crippen molar-refractivity contribution in [2.75, 3.05) is 13.2 Å². The quantitative estimate of drug-likeness (QED) is 0.265. The van der Waals surface area contributed by atoms with Crippen LogP contribution in [-0.4, -0.2) is 52.5 Å². The highest BCUT2D eigenvalue weighted by molar-refractivity contribution is 5.66. The van der Waals surface area contributed by atoms with Crippen LogP contribution in [0.1, 0.15) is 90.4 Å². The van der Waals surface area contributed by atoms with Crippen molar-refractivity contribution in [3.63, 3.8) is 0 Å². The van der Waals surface area contributed by atoms with Gasteiger partial charge in [-0.1, -0.05) is 44.8 Å². The van der Waals surface area contributed by atoms with Gasteiger partial charge < -0.3 is 24.8 Å². The number of carbonyl (C=O) groups is 1. The Labute approximate surface area is 181 Å². The fraction of sp³-hybridized carbons (Fsp3) is 0.875. The van der Waals surface area contributed by atoms with Crippen LogP contribution in [0.2, 0.25) is 0 Å². The molecular weight excluding hydrogens is 384 g/mol. The third kappa shape index (κ3) is 8.29. The van der Waals surface area contributed by atoms with Crippen molar-refractivity contribution in [2.24, 2.45) is 11.8 Å². The second kappa shape index (κ2) is 13.5. The summed E-state index contributed by atoms with van der Waals surface area (Å²) in [4.78, 5) is 10.6.